The highest BCUT2D eigenvalue weighted by atomic mass is 16.6. The van der Waals surface area contributed by atoms with Gasteiger partial charge in [0.05, 0.1) is 7.11 Å². The molecule has 94 valence electrons. The van der Waals surface area contributed by atoms with E-state index in [9.17, 15) is 5.26 Å². The summed E-state index contributed by atoms with van der Waals surface area (Å²) in [4.78, 5) is 0. The van der Waals surface area contributed by atoms with E-state index in [2.05, 4.69) is 6.07 Å². The fraction of sp³-hybridized carbons (Fsp3) is 0.188. The second kappa shape index (κ2) is 4.42. The molecule has 3 nitrogen and oxygen atoms in total. The van der Waals surface area contributed by atoms with Crippen molar-refractivity contribution in [2.45, 2.75) is 11.7 Å². The summed E-state index contributed by atoms with van der Waals surface area (Å²) in [7, 11) is 1.63. The van der Waals surface area contributed by atoms with E-state index >= 15 is 0 Å². The van der Waals surface area contributed by atoms with Gasteiger partial charge in [0.1, 0.15) is 17.9 Å². The summed E-state index contributed by atoms with van der Waals surface area (Å²) in [5, 5.41) is 9.44. The number of benzene rings is 2. The monoisotopic (exact) mass is 251 g/mol. The van der Waals surface area contributed by atoms with Gasteiger partial charge in [-0.15, -0.1) is 0 Å². The van der Waals surface area contributed by atoms with Crippen molar-refractivity contribution in [1.82, 2.24) is 0 Å². The summed E-state index contributed by atoms with van der Waals surface area (Å²) in [6, 6.07) is 19.5. The Balaban J connectivity index is 1.91. The van der Waals surface area contributed by atoms with Crippen LogP contribution in [0.15, 0.2) is 54.6 Å². The predicted octanol–water partition coefficient (Wildman–Crippen LogP) is 3.19. The first-order valence-corrected chi connectivity index (χ1v) is 6.09. The largest absolute Gasteiger partial charge is 0.497 e. The number of hydrogen-bond acceptors (Lipinski definition) is 3. The zero-order chi connectivity index (χ0) is 13.3. The van der Waals surface area contributed by atoms with Crippen molar-refractivity contribution in [3.63, 3.8) is 0 Å². The Morgan fingerprint density at radius 3 is 2.37 bits per heavy atom. The van der Waals surface area contributed by atoms with Crippen molar-refractivity contribution in [2.75, 3.05) is 7.11 Å². The van der Waals surface area contributed by atoms with E-state index in [0.717, 1.165) is 16.9 Å². The quantitative estimate of drug-likeness (QED) is 0.787. The summed E-state index contributed by atoms with van der Waals surface area (Å²) in [6.07, 6.45) is -0.203. The summed E-state index contributed by atoms with van der Waals surface area (Å²) >= 11 is 0. The summed E-state index contributed by atoms with van der Waals surface area (Å²) in [5.74, 6) is 0.798. The lowest BCUT2D eigenvalue weighted by molar-refractivity contribution is 0.340. The van der Waals surface area contributed by atoms with E-state index in [-0.39, 0.29) is 6.10 Å². The Morgan fingerprint density at radius 2 is 1.79 bits per heavy atom. The molecule has 0 N–H and O–H groups in total. The van der Waals surface area contributed by atoms with Crippen molar-refractivity contribution in [1.29, 1.82) is 5.26 Å². The van der Waals surface area contributed by atoms with Crippen LogP contribution in [0.3, 0.4) is 0 Å². The van der Waals surface area contributed by atoms with Crippen LogP contribution in [0.25, 0.3) is 0 Å². The van der Waals surface area contributed by atoms with Crippen LogP contribution >= 0.6 is 0 Å². The highest BCUT2D eigenvalue weighted by Crippen LogP contribution is 2.56. The molecule has 2 aromatic carbocycles. The Kier molecular flexibility index (Phi) is 2.73. The van der Waals surface area contributed by atoms with Crippen molar-refractivity contribution in [3.05, 3.63) is 65.7 Å². The second-order valence-electron chi connectivity index (χ2n) is 4.48. The average Bonchev–Trinajstić information content (AvgIpc) is 3.24. The Hall–Kier alpha value is -2.31. The molecule has 0 amide bonds. The van der Waals surface area contributed by atoms with Gasteiger partial charge in [-0.3, -0.25) is 0 Å². The van der Waals surface area contributed by atoms with Crippen molar-refractivity contribution in [2.24, 2.45) is 0 Å². The number of ether oxygens (including phenoxy) is 2. The number of nitrogens with zero attached hydrogens (tertiary/aromatic N) is 1. The zero-order valence-corrected chi connectivity index (χ0v) is 10.5. The molecule has 0 aliphatic carbocycles. The van der Waals surface area contributed by atoms with Crippen LogP contribution in [0, 0.1) is 11.3 Å². The smallest absolute Gasteiger partial charge is 0.210 e. The molecule has 3 heteroatoms. The molecule has 0 bridgehead atoms. The maximum Gasteiger partial charge on any atom is 0.210 e. The lowest BCUT2D eigenvalue weighted by atomic mass is 9.93. The first-order chi connectivity index (χ1) is 9.30. The molecule has 3 rings (SSSR count). The molecule has 1 aliphatic rings. The van der Waals surface area contributed by atoms with Crippen LogP contribution in [-0.4, -0.2) is 7.11 Å². The Labute approximate surface area is 112 Å². The third-order valence-corrected chi connectivity index (χ3v) is 3.40. The molecule has 0 saturated carbocycles. The van der Waals surface area contributed by atoms with E-state index in [1.165, 1.54) is 0 Å². The van der Waals surface area contributed by atoms with Gasteiger partial charge in [-0.2, -0.15) is 5.26 Å². The predicted molar refractivity (Wildman–Crippen MR) is 70.6 cm³/mol. The van der Waals surface area contributed by atoms with Crippen LogP contribution in [0.5, 0.6) is 5.75 Å². The Morgan fingerprint density at radius 1 is 1.11 bits per heavy atom. The number of nitriles is 1. The highest BCUT2D eigenvalue weighted by molar-refractivity contribution is 5.42. The van der Waals surface area contributed by atoms with E-state index in [0.29, 0.717) is 0 Å². The third-order valence-electron chi connectivity index (χ3n) is 3.40. The summed E-state index contributed by atoms with van der Waals surface area (Å²) in [5.41, 5.74) is 1.06. The van der Waals surface area contributed by atoms with E-state index in [1.807, 2.05) is 54.6 Å². The van der Waals surface area contributed by atoms with Gasteiger partial charge in [-0.05, 0) is 17.7 Å². The molecule has 19 heavy (non-hydrogen) atoms. The summed E-state index contributed by atoms with van der Waals surface area (Å²) < 4.78 is 10.8. The van der Waals surface area contributed by atoms with Gasteiger partial charge in [0.25, 0.3) is 0 Å². The minimum absolute atomic E-state index is 0.203. The maximum absolute atomic E-state index is 9.44. The van der Waals surface area contributed by atoms with E-state index in [4.69, 9.17) is 9.47 Å². The zero-order valence-electron chi connectivity index (χ0n) is 10.5. The molecular weight excluding hydrogens is 238 g/mol. The molecule has 0 radical (unpaired) electrons. The highest BCUT2D eigenvalue weighted by Gasteiger charge is 2.59. The Bertz CT molecular complexity index is 615. The summed E-state index contributed by atoms with van der Waals surface area (Å²) in [6.45, 7) is 0. The molecule has 0 spiro atoms. The molecule has 1 aliphatic heterocycles. The fourth-order valence-electron chi connectivity index (χ4n) is 2.29. The van der Waals surface area contributed by atoms with Gasteiger partial charge in [-0.25, -0.2) is 0 Å². The van der Waals surface area contributed by atoms with Crippen molar-refractivity contribution >= 4 is 0 Å². The van der Waals surface area contributed by atoms with Gasteiger partial charge >= 0.3 is 0 Å². The maximum atomic E-state index is 9.44. The van der Waals surface area contributed by atoms with Crippen LogP contribution < -0.4 is 4.74 Å². The number of hydrogen-bond donors (Lipinski definition) is 0. The average molecular weight is 251 g/mol. The first kappa shape index (κ1) is 11.8. The number of methoxy groups -OCH3 is 1. The molecular formula is C16H13NO2. The van der Waals surface area contributed by atoms with Crippen LogP contribution in [0.1, 0.15) is 17.2 Å². The van der Waals surface area contributed by atoms with Gasteiger partial charge in [0, 0.05) is 5.56 Å². The van der Waals surface area contributed by atoms with Gasteiger partial charge in [0.2, 0.25) is 5.60 Å². The lowest BCUT2D eigenvalue weighted by Crippen LogP contribution is -2.06. The third kappa shape index (κ3) is 1.87. The molecule has 2 unspecified atom stereocenters. The first-order valence-electron chi connectivity index (χ1n) is 6.09. The van der Waals surface area contributed by atoms with E-state index < -0.39 is 5.60 Å². The lowest BCUT2D eigenvalue weighted by Gasteiger charge is -2.04. The molecule has 1 fully saturated rings. The topological polar surface area (TPSA) is 45.5 Å². The minimum atomic E-state index is -0.837. The van der Waals surface area contributed by atoms with Crippen molar-refractivity contribution in [3.8, 4) is 11.8 Å². The van der Waals surface area contributed by atoms with Gasteiger partial charge in [0.15, 0.2) is 0 Å². The van der Waals surface area contributed by atoms with Crippen LogP contribution in [0.2, 0.25) is 0 Å². The SMILES string of the molecule is COc1ccc(C2OC2(C#N)c2ccccc2)cc1. The van der Waals surface area contributed by atoms with Crippen molar-refractivity contribution < 1.29 is 9.47 Å². The number of rotatable bonds is 3. The van der Waals surface area contributed by atoms with Crippen LogP contribution in [-0.2, 0) is 10.3 Å². The molecule has 0 aromatic heterocycles. The second-order valence-corrected chi connectivity index (χ2v) is 4.48. The van der Waals surface area contributed by atoms with E-state index in [1.54, 1.807) is 7.11 Å². The fourth-order valence-corrected chi connectivity index (χ4v) is 2.29. The van der Waals surface area contributed by atoms with Gasteiger partial charge < -0.3 is 9.47 Å². The standard InChI is InChI=1S/C16H13NO2/c1-18-14-9-7-12(8-10-14)15-16(11-17,19-15)13-5-3-2-4-6-13/h2-10,15H,1H3. The molecule has 2 atom stereocenters. The number of epoxide rings is 1. The van der Waals surface area contributed by atoms with Crippen LogP contribution in [0.4, 0.5) is 0 Å². The normalized spacial score (nSPS) is 24.5. The van der Waals surface area contributed by atoms with Gasteiger partial charge in [-0.1, -0.05) is 42.5 Å². The minimum Gasteiger partial charge on any atom is -0.497 e. The molecule has 1 saturated heterocycles. The molecule has 2 aromatic rings. The molecule has 1 heterocycles.